The lowest BCUT2D eigenvalue weighted by molar-refractivity contribution is -0.111. The van der Waals surface area contributed by atoms with Crippen LogP contribution >= 0.6 is 0 Å². The van der Waals surface area contributed by atoms with E-state index in [9.17, 15) is 13.2 Å². The summed E-state index contributed by atoms with van der Waals surface area (Å²) in [5.41, 5.74) is 1.87. The Morgan fingerprint density at radius 1 is 1.25 bits per heavy atom. The number of allylic oxidation sites excluding steroid dienone is 1. The topological polar surface area (TPSA) is 75.3 Å². The van der Waals surface area contributed by atoms with E-state index in [4.69, 9.17) is 0 Å². The predicted octanol–water partition coefficient (Wildman–Crippen LogP) is 2.74. The van der Waals surface area contributed by atoms with Crippen molar-refractivity contribution >= 4 is 27.3 Å². The Labute approximate surface area is 120 Å². The molecule has 0 aliphatic rings. The third-order valence-corrected chi connectivity index (χ3v) is 3.79. The van der Waals surface area contributed by atoms with Gasteiger partial charge < -0.3 is 5.32 Å². The molecular formula is C14H20N2O3S. The van der Waals surface area contributed by atoms with Crippen molar-refractivity contribution in [3.63, 3.8) is 0 Å². The zero-order chi connectivity index (χ0) is 15.2. The van der Waals surface area contributed by atoms with E-state index in [0.29, 0.717) is 17.8 Å². The van der Waals surface area contributed by atoms with Crippen molar-refractivity contribution in [1.82, 2.24) is 0 Å². The molecule has 0 spiro atoms. The average molecular weight is 296 g/mol. The molecule has 0 aromatic heterocycles. The maximum atomic E-state index is 11.7. The van der Waals surface area contributed by atoms with Gasteiger partial charge in [0.05, 0.1) is 11.4 Å². The summed E-state index contributed by atoms with van der Waals surface area (Å²) in [5, 5.41) is 2.68. The molecule has 0 aliphatic carbocycles. The fourth-order valence-corrected chi connectivity index (χ4v) is 2.73. The van der Waals surface area contributed by atoms with Crippen molar-refractivity contribution in [2.75, 3.05) is 15.8 Å². The van der Waals surface area contributed by atoms with Crippen LogP contribution in [0.25, 0.3) is 0 Å². The molecule has 0 saturated heterocycles. The van der Waals surface area contributed by atoms with Crippen LogP contribution in [0.15, 0.2) is 35.9 Å². The zero-order valence-corrected chi connectivity index (χ0v) is 12.8. The van der Waals surface area contributed by atoms with Gasteiger partial charge in [-0.15, -0.1) is 0 Å². The summed E-state index contributed by atoms with van der Waals surface area (Å²) in [6, 6.07) is 6.62. The molecule has 20 heavy (non-hydrogen) atoms. The van der Waals surface area contributed by atoms with Gasteiger partial charge in [0.1, 0.15) is 0 Å². The third-order valence-electron chi connectivity index (χ3n) is 2.30. The van der Waals surface area contributed by atoms with E-state index in [1.807, 2.05) is 13.8 Å². The number of amides is 1. The van der Waals surface area contributed by atoms with Crippen LogP contribution in [0.2, 0.25) is 0 Å². The first-order valence-corrected chi connectivity index (χ1v) is 8.04. The minimum Gasteiger partial charge on any atom is -0.322 e. The van der Waals surface area contributed by atoms with Gasteiger partial charge in [0.2, 0.25) is 15.9 Å². The van der Waals surface area contributed by atoms with Crippen LogP contribution < -0.4 is 10.0 Å². The van der Waals surface area contributed by atoms with Gasteiger partial charge >= 0.3 is 0 Å². The summed E-state index contributed by atoms with van der Waals surface area (Å²) in [7, 11) is -3.32. The fraction of sp³-hybridized carbons (Fsp3) is 0.357. The van der Waals surface area contributed by atoms with E-state index in [0.717, 1.165) is 5.57 Å². The lowest BCUT2D eigenvalue weighted by Gasteiger charge is -2.09. The van der Waals surface area contributed by atoms with Gasteiger partial charge in [0.25, 0.3) is 0 Å². The van der Waals surface area contributed by atoms with Crippen molar-refractivity contribution in [3.05, 3.63) is 35.9 Å². The largest absolute Gasteiger partial charge is 0.322 e. The maximum absolute atomic E-state index is 11.7. The summed E-state index contributed by atoms with van der Waals surface area (Å²) in [6.45, 7) is 5.46. The standard InChI is InChI=1S/C14H20N2O3S/c1-4-8-20(18,19)16-13-7-5-6-12(10-13)15-14(17)9-11(2)3/h5-7,9-10,16H,4,8H2,1-3H3,(H,15,17). The van der Waals surface area contributed by atoms with Gasteiger partial charge in [-0.1, -0.05) is 18.6 Å². The molecule has 1 rings (SSSR count). The SMILES string of the molecule is CCCS(=O)(=O)Nc1cccc(NC(=O)C=C(C)C)c1. The van der Waals surface area contributed by atoms with Crippen molar-refractivity contribution in [3.8, 4) is 0 Å². The first-order chi connectivity index (χ1) is 9.32. The van der Waals surface area contributed by atoms with Gasteiger partial charge in [-0.05, 0) is 38.5 Å². The number of hydrogen-bond donors (Lipinski definition) is 2. The lowest BCUT2D eigenvalue weighted by Crippen LogP contribution is -2.16. The average Bonchev–Trinajstić information content (AvgIpc) is 2.26. The minimum absolute atomic E-state index is 0.0708. The Hall–Kier alpha value is -1.82. The van der Waals surface area contributed by atoms with Crippen LogP contribution in [0.1, 0.15) is 27.2 Å². The second-order valence-corrected chi connectivity index (χ2v) is 6.55. The molecule has 0 saturated carbocycles. The van der Waals surface area contributed by atoms with Gasteiger partial charge in [-0.25, -0.2) is 8.42 Å². The second kappa shape index (κ2) is 7.09. The lowest BCUT2D eigenvalue weighted by atomic mass is 10.2. The van der Waals surface area contributed by atoms with E-state index >= 15 is 0 Å². The van der Waals surface area contributed by atoms with E-state index in [1.54, 1.807) is 31.2 Å². The highest BCUT2D eigenvalue weighted by atomic mass is 32.2. The summed E-state index contributed by atoms with van der Waals surface area (Å²) < 4.78 is 25.8. The van der Waals surface area contributed by atoms with E-state index in [2.05, 4.69) is 10.0 Å². The molecule has 0 fully saturated rings. The Kier molecular flexibility index (Phi) is 5.76. The third kappa shape index (κ3) is 5.88. The molecule has 0 radical (unpaired) electrons. The number of hydrogen-bond acceptors (Lipinski definition) is 3. The molecular weight excluding hydrogens is 276 g/mol. The molecule has 6 heteroatoms. The number of carbonyl (C=O) groups excluding carboxylic acids is 1. The summed E-state index contributed by atoms with van der Waals surface area (Å²) in [4.78, 5) is 11.6. The smallest absolute Gasteiger partial charge is 0.248 e. The number of sulfonamides is 1. The minimum atomic E-state index is -3.32. The van der Waals surface area contributed by atoms with Crippen LogP contribution in [-0.2, 0) is 14.8 Å². The van der Waals surface area contributed by atoms with Crippen molar-refractivity contribution in [2.45, 2.75) is 27.2 Å². The molecule has 5 nitrogen and oxygen atoms in total. The van der Waals surface area contributed by atoms with Gasteiger partial charge in [-0.3, -0.25) is 9.52 Å². The molecule has 0 atom stereocenters. The highest BCUT2D eigenvalue weighted by Gasteiger charge is 2.09. The number of rotatable bonds is 6. The van der Waals surface area contributed by atoms with E-state index in [-0.39, 0.29) is 11.7 Å². The Bertz CT molecular complexity index is 603. The quantitative estimate of drug-likeness (QED) is 0.793. The van der Waals surface area contributed by atoms with E-state index < -0.39 is 10.0 Å². The first-order valence-electron chi connectivity index (χ1n) is 6.39. The molecule has 1 aromatic rings. The zero-order valence-electron chi connectivity index (χ0n) is 11.9. The molecule has 0 unspecified atom stereocenters. The summed E-state index contributed by atoms with van der Waals surface area (Å²) in [6.07, 6.45) is 2.03. The van der Waals surface area contributed by atoms with Crippen LogP contribution in [0, 0.1) is 0 Å². The van der Waals surface area contributed by atoms with Crippen molar-refractivity contribution < 1.29 is 13.2 Å². The van der Waals surface area contributed by atoms with Gasteiger partial charge in [0, 0.05) is 11.8 Å². The Morgan fingerprint density at radius 3 is 2.50 bits per heavy atom. The monoisotopic (exact) mass is 296 g/mol. The van der Waals surface area contributed by atoms with Gasteiger partial charge in [-0.2, -0.15) is 0 Å². The number of nitrogens with one attached hydrogen (secondary N) is 2. The molecule has 1 amide bonds. The second-order valence-electron chi connectivity index (χ2n) is 4.71. The molecule has 2 N–H and O–H groups in total. The van der Waals surface area contributed by atoms with E-state index in [1.165, 1.54) is 6.08 Å². The first kappa shape index (κ1) is 16.2. The fourth-order valence-electron chi connectivity index (χ4n) is 1.60. The summed E-state index contributed by atoms with van der Waals surface area (Å²) >= 11 is 0. The molecule has 110 valence electrons. The molecule has 0 aliphatic heterocycles. The number of anilines is 2. The maximum Gasteiger partial charge on any atom is 0.248 e. The highest BCUT2D eigenvalue weighted by Crippen LogP contribution is 2.16. The Morgan fingerprint density at radius 2 is 1.90 bits per heavy atom. The van der Waals surface area contributed by atoms with Crippen molar-refractivity contribution in [1.29, 1.82) is 0 Å². The molecule has 0 bridgehead atoms. The number of benzene rings is 1. The normalized spacial score (nSPS) is 10.8. The molecule has 1 aromatic carbocycles. The van der Waals surface area contributed by atoms with Crippen molar-refractivity contribution in [2.24, 2.45) is 0 Å². The van der Waals surface area contributed by atoms with Crippen LogP contribution in [0.5, 0.6) is 0 Å². The predicted molar refractivity (Wildman–Crippen MR) is 82.2 cm³/mol. The van der Waals surface area contributed by atoms with Crippen LogP contribution in [-0.4, -0.2) is 20.1 Å². The van der Waals surface area contributed by atoms with Gasteiger partial charge in [0.15, 0.2) is 0 Å². The number of carbonyl (C=O) groups is 1. The Balaban J connectivity index is 2.81. The van der Waals surface area contributed by atoms with Crippen LogP contribution in [0.4, 0.5) is 11.4 Å². The summed E-state index contributed by atoms with van der Waals surface area (Å²) in [5.74, 6) is -0.167. The van der Waals surface area contributed by atoms with Crippen LogP contribution in [0.3, 0.4) is 0 Å². The molecule has 0 heterocycles. The highest BCUT2D eigenvalue weighted by molar-refractivity contribution is 7.92.